The monoisotopic (exact) mass is 319 g/mol. The standard InChI is InChI=1S/C15H17N3O3S/c19-13(18-15-17-11(9-22-15)10-5-6-10)4-1-7-16-14(20)12-3-2-8-21-12/h2-3,8-10H,1,4-7H2,(H,16,20)(H,17,18,19). The lowest BCUT2D eigenvalue weighted by Crippen LogP contribution is -2.25. The van der Waals surface area contributed by atoms with Crippen LogP contribution in [0.3, 0.4) is 0 Å². The number of nitrogens with one attached hydrogen (secondary N) is 2. The van der Waals surface area contributed by atoms with E-state index in [0.29, 0.717) is 30.4 Å². The maximum atomic E-state index is 11.8. The van der Waals surface area contributed by atoms with Crippen molar-refractivity contribution in [1.82, 2.24) is 10.3 Å². The predicted molar refractivity (Wildman–Crippen MR) is 83.0 cm³/mol. The van der Waals surface area contributed by atoms with E-state index in [0.717, 1.165) is 5.69 Å². The van der Waals surface area contributed by atoms with E-state index in [1.165, 1.54) is 30.4 Å². The SMILES string of the molecule is O=C(CCCNC(=O)c1ccco1)Nc1nc(C2CC2)cs1. The van der Waals surface area contributed by atoms with Crippen molar-refractivity contribution >= 4 is 28.3 Å². The van der Waals surface area contributed by atoms with Gasteiger partial charge in [0.15, 0.2) is 10.9 Å². The van der Waals surface area contributed by atoms with Gasteiger partial charge in [-0.15, -0.1) is 11.3 Å². The Morgan fingerprint density at radius 3 is 3.00 bits per heavy atom. The first-order valence-corrected chi connectivity index (χ1v) is 8.17. The minimum atomic E-state index is -0.264. The molecule has 0 aromatic carbocycles. The van der Waals surface area contributed by atoms with Crippen LogP contribution in [0.15, 0.2) is 28.2 Å². The lowest BCUT2D eigenvalue weighted by atomic mass is 10.3. The smallest absolute Gasteiger partial charge is 0.286 e. The van der Waals surface area contributed by atoms with Gasteiger partial charge in [0.1, 0.15) is 0 Å². The first-order chi connectivity index (χ1) is 10.7. The van der Waals surface area contributed by atoms with Crippen molar-refractivity contribution in [2.75, 3.05) is 11.9 Å². The molecule has 1 saturated carbocycles. The third-order valence-corrected chi connectivity index (χ3v) is 4.15. The number of furan rings is 1. The van der Waals surface area contributed by atoms with Crippen molar-refractivity contribution in [2.24, 2.45) is 0 Å². The predicted octanol–water partition coefficient (Wildman–Crippen LogP) is 2.76. The molecule has 6 nitrogen and oxygen atoms in total. The summed E-state index contributed by atoms with van der Waals surface area (Å²) in [4.78, 5) is 27.8. The number of amides is 2. The van der Waals surface area contributed by atoms with Gasteiger partial charge >= 0.3 is 0 Å². The van der Waals surface area contributed by atoms with E-state index in [2.05, 4.69) is 15.6 Å². The van der Waals surface area contributed by atoms with Gasteiger partial charge in [-0.2, -0.15) is 0 Å². The fourth-order valence-corrected chi connectivity index (χ4v) is 2.85. The zero-order valence-corrected chi connectivity index (χ0v) is 12.8. The van der Waals surface area contributed by atoms with E-state index in [1.807, 2.05) is 5.38 Å². The number of anilines is 1. The molecule has 0 aliphatic heterocycles. The topological polar surface area (TPSA) is 84.2 Å². The molecule has 0 bridgehead atoms. The highest BCUT2D eigenvalue weighted by Crippen LogP contribution is 2.40. The molecule has 2 heterocycles. The minimum absolute atomic E-state index is 0.0797. The van der Waals surface area contributed by atoms with E-state index in [-0.39, 0.29) is 17.6 Å². The summed E-state index contributed by atoms with van der Waals surface area (Å²) in [6, 6.07) is 3.26. The van der Waals surface area contributed by atoms with Crippen molar-refractivity contribution in [3.8, 4) is 0 Å². The molecule has 2 amide bonds. The zero-order valence-electron chi connectivity index (χ0n) is 12.0. The number of carbonyl (C=O) groups is 2. The highest BCUT2D eigenvalue weighted by molar-refractivity contribution is 7.13. The van der Waals surface area contributed by atoms with E-state index < -0.39 is 0 Å². The number of carbonyl (C=O) groups excluding carboxylic acids is 2. The fourth-order valence-electron chi connectivity index (χ4n) is 2.04. The minimum Gasteiger partial charge on any atom is -0.459 e. The van der Waals surface area contributed by atoms with Gasteiger partial charge < -0.3 is 15.1 Å². The van der Waals surface area contributed by atoms with Crippen LogP contribution in [0.2, 0.25) is 0 Å². The second kappa shape index (κ2) is 6.74. The fraction of sp³-hybridized carbons (Fsp3) is 0.400. The van der Waals surface area contributed by atoms with E-state index >= 15 is 0 Å². The van der Waals surface area contributed by atoms with Gasteiger partial charge in [0, 0.05) is 24.3 Å². The molecule has 7 heteroatoms. The third-order valence-electron chi connectivity index (χ3n) is 3.38. The highest BCUT2D eigenvalue weighted by atomic mass is 32.1. The molecular weight excluding hydrogens is 302 g/mol. The molecule has 22 heavy (non-hydrogen) atoms. The Bertz CT molecular complexity index is 647. The molecule has 0 radical (unpaired) electrons. The number of nitrogens with zero attached hydrogens (tertiary/aromatic N) is 1. The first-order valence-electron chi connectivity index (χ1n) is 7.29. The van der Waals surface area contributed by atoms with E-state index in [1.54, 1.807) is 12.1 Å². The Hall–Kier alpha value is -2.15. The Balaban J connectivity index is 1.34. The van der Waals surface area contributed by atoms with Crippen molar-refractivity contribution in [3.05, 3.63) is 35.2 Å². The largest absolute Gasteiger partial charge is 0.459 e. The van der Waals surface area contributed by atoms with Crippen LogP contribution in [-0.4, -0.2) is 23.3 Å². The molecule has 0 atom stereocenters. The summed E-state index contributed by atoms with van der Waals surface area (Å²) >= 11 is 1.46. The second-order valence-electron chi connectivity index (χ2n) is 5.24. The molecule has 1 fully saturated rings. The summed E-state index contributed by atoms with van der Waals surface area (Å²) in [5.74, 6) is 0.530. The van der Waals surface area contributed by atoms with Gasteiger partial charge in [0.05, 0.1) is 12.0 Å². The maximum absolute atomic E-state index is 11.8. The van der Waals surface area contributed by atoms with Crippen LogP contribution < -0.4 is 10.6 Å². The van der Waals surface area contributed by atoms with Crippen LogP contribution in [0.25, 0.3) is 0 Å². The summed E-state index contributed by atoms with van der Waals surface area (Å²) in [6.45, 7) is 0.429. The van der Waals surface area contributed by atoms with Crippen LogP contribution in [0.5, 0.6) is 0 Å². The molecule has 1 aliphatic rings. The van der Waals surface area contributed by atoms with Crippen LogP contribution in [-0.2, 0) is 4.79 Å². The second-order valence-corrected chi connectivity index (χ2v) is 6.09. The molecule has 0 unspecified atom stereocenters. The molecule has 0 spiro atoms. The lowest BCUT2D eigenvalue weighted by Gasteiger charge is -2.03. The number of rotatable bonds is 7. The van der Waals surface area contributed by atoms with Gasteiger partial charge in [0.2, 0.25) is 5.91 Å². The Morgan fingerprint density at radius 1 is 1.41 bits per heavy atom. The number of hydrogen-bond acceptors (Lipinski definition) is 5. The Labute approximate surface area is 131 Å². The van der Waals surface area contributed by atoms with Crippen molar-refractivity contribution < 1.29 is 14.0 Å². The Kier molecular flexibility index (Phi) is 4.53. The molecule has 3 rings (SSSR count). The average molecular weight is 319 g/mol. The van der Waals surface area contributed by atoms with Gasteiger partial charge in [-0.1, -0.05) is 0 Å². The van der Waals surface area contributed by atoms with Crippen molar-refractivity contribution in [1.29, 1.82) is 0 Å². The quantitative estimate of drug-likeness (QED) is 0.769. The van der Waals surface area contributed by atoms with Gasteiger partial charge in [-0.3, -0.25) is 9.59 Å². The summed E-state index contributed by atoms with van der Waals surface area (Å²) in [6.07, 6.45) is 4.77. The van der Waals surface area contributed by atoms with Crippen LogP contribution >= 0.6 is 11.3 Å². The molecule has 2 aromatic rings. The van der Waals surface area contributed by atoms with Crippen LogP contribution in [0.4, 0.5) is 5.13 Å². The van der Waals surface area contributed by atoms with E-state index in [9.17, 15) is 9.59 Å². The lowest BCUT2D eigenvalue weighted by molar-refractivity contribution is -0.116. The van der Waals surface area contributed by atoms with E-state index in [4.69, 9.17) is 4.42 Å². The van der Waals surface area contributed by atoms with Gasteiger partial charge in [-0.05, 0) is 31.4 Å². The molecular formula is C15H17N3O3S. The molecule has 116 valence electrons. The third kappa shape index (κ3) is 3.94. The van der Waals surface area contributed by atoms with Gasteiger partial charge in [0.25, 0.3) is 5.91 Å². The van der Waals surface area contributed by atoms with Crippen molar-refractivity contribution in [3.63, 3.8) is 0 Å². The van der Waals surface area contributed by atoms with Gasteiger partial charge in [-0.25, -0.2) is 4.98 Å². The summed E-state index contributed by atoms with van der Waals surface area (Å²) in [7, 11) is 0. The average Bonchev–Trinajstić information content (AvgIpc) is 3.02. The molecule has 0 saturated heterocycles. The maximum Gasteiger partial charge on any atom is 0.286 e. The summed E-state index contributed by atoms with van der Waals surface area (Å²) in [5.41, 5.74) is 1.09. The van der Waals surface area contributed by atoms with Crippen LogP contribution in [0.1, 0.15) is 47.8 Å². The number of hydrogen-bond donors (Lipinski definition) is 2. The normalized spacial score (nSPS) is 13.8. The number of aromatic nitrogens is 1. The van der Waals surface area contributed by atoms with Crippen LogP contribution in [0, 0.1) is 0 Å². The summed E-state index contributed by atoms with van der Waals surface area (Å²) < 4.78 is 4.98. The number of thiazole rings is 1. The zero-order chi connectivity index (χ0) is 15.4. The molecule has 2 aromatic heterocycles. The Morgan fingerprint density at radius 2 is 2.27 bits per heavy atom. The first kappa shape index (κ1) is 14.8. The molecule has 2 N–H and O–H groups in total. The molecule has 1 aliphatic carbocycles. The highest BCUT2D eigenvalue weighted by Gasteiger charge is 2.26. The summed E-state index contributed by atoms with van der Waals surface area (Å²) in [5, 5.41) is 8.17. The van der Waals surface area contributed by atoms with Crippen molar-refractivity contribution in [2.45, 2.75) is 31.6 Å².